The largest absolute Gasteiger partial charge is 0.314 e. The molecule has 0 bridgehead atoms. The summed E-state index contributed by atoms with van der Waals surface area (Å²) in [5.41, 5.74) is 2.49. The summed E-state index contributed by atoms with van der Waals surface area (Å²) >= 11 is 6.38. The zero-order chi connectivity index (χ0) is 15.2. The van der Waals surface area contributed by atoms with Crippen molar-refractivity contribution in [2.45, 2.75) is 38.6 Å². The van der Waals surface area contributed by atoms with Crippen LogP contribution in [0.15, 0.2) is 36.5 Å². The van der Waals surface area contributed by atoms with E-state index in [1.807, 2.05) is 30.1 Å². The van der Waals surface area contributed by atoms with E-state index in [1.165, 1.54) is 11.3 Å². The molecule has 0 fully saturated rings. The average molecular weight is 306 g/mol. The van der Waals surface area contributed by atoms with Gasteiger partial charge < -0.3 is 5.32 Å². The van der Waals surface area contributed by atoms with Gasteiger partial charge in [0, 0.05) is 36.5 Å². The fraction of sp³-hybridized carbons (Fsp3) is 0.471. The monoisotopic (exact) mass is 305 g/mol. The summed E-state index contributed by atoms with van der Waals surface area (Å²) in [5.74, 6) is 0.413. The predicted octanol–water partition coefficient (Wildman–Crippen LogP) is 3.79. The van der Waals surface area contributed by atoms with Gasteiger partial charge in [-0.3, -0.25) is 4.68 Å². The van der Waals surface area contributed by atoms with Crippen molar-refractivity contribution in [2.75, 3.05) is 6.54 Å². The molecule has 1 atom stereocenters. The highest BCUT2D eigenvalue weighted by atomic mass is 35.5. The molecule has 3 nitrogen and oxygen atoms in total. The molecule has 1 N–H and O–H groups in total. The lowest BCUT2D eigenvalue weighted by molar-refractivity contribution is 0.503. The molecular weight excluding hydrogens is 282 g/mol. The van der Waals surface area contributed by atoms with E-state index in [0.717, 1.165) is 24.4 Å². The molecule has 0 aliphatic rings. The SMILES string of the molecule is CC(C)NCC(CCc1ccnn1C)c1ccccc1Cl. The van der Waals surface area contributed by atoms with Crippen LogP contribution in [0, 0.1) is 0 Å². The maximum Gasteiger partial charge on any atom is 0.0492 e. The van der Waals surface area contributed by atoms with E-state index in [1.54, 1.807) is 0 Å². The molecule has 2 aromatic rings. The van der Waals surface area contributed by atoms with E-state index in [0.29, 0.717) is 12.0 Å². The van der Waals surface area contributed by atoms with Crippen molar-refractivity contribution in [1.82, 2.24) is 15.1 Å². The summed E-state index contributed by atoms with van der Waals surface area (Å²) in [4.78, 5) is 0. The van der Waals surface area contributed by atoms with Crippen LogP contribution in [0.25, 0.3) is 0 Å². The molecule has 0 aliphatic carbocycles. The molecule has 0 saturated carbocycles. The highest BCUT2D eigenvalue weighted by molar-refractivity contribution is 6.31. The molecule has 0 saturated heterocycles. The van der Waals surface area contributed by atoms with Crippen molar-refractivity contribution in [3.05, 3.63) is 52.8 Å². The lowest BCUT2D eigenvalue weighted by Crippen LogP contribution is -2.28. The third kappa shape index (κ3) is 4.58. The molecule has 2 rings (SSSR count). The van der Waals surface area contributed by atoms with Crippen LogP contribution in [-0.2, 0) is 13.5 Å². The minimum Gasteiger partial charge on any atom is -0.314 e. The van der Waals surface area contributed by atoms with Crippen LogP contribution >= 0.6 is 11.6 Å². The number of nitrogens with one attached hydrogen (secondary N) is 1. The number of hydrogen-bond acceptors (Lipinski definition) is 2. The van der Waals surface area contributed by atoms with Gasteiger partial charge in [0.15, 0.2) is 0 Å². The molecule has 4 heteroatoms. The topological polar surface area (TPSA) is 29.9 Å². The van der Waals surface area contributed by atoms with E-state index in [-0.39, 0.29) is 0 Å². The summed E-state index contributed by atoms with van der Waals surface area (Å²) in [5, 5.41) is 8.63. The summed E-state index contributed by atoms with van der Waals surface area (Å²) < 4.78 is 1.94. The second kappa shape index (κ2) is 7.62. The third-order valence-electron chi connectivity index (χ3n) is 3.79. The highest BCUT2D eigenvalue weighted by Crippen LogP contribution is 2.27. The Morgan fingerprint density at radius 1 is 1.24 bits per heavy atom. The Labute approximate surface area is 132 Å². The molecule has 1 aromatic carbocycles. The Hall–Kier alpha value is -1.32. The number of halogens is 1. The second-order valence-electron chi connectivity index (χ2n) is 5.77. The van der Waals surface area contributed by atoms with E-state index in [4.69, 9.17) is 11.6 Å². The van der Waals surface area contributed by atoms with Gasteiger partial charge in [0.1, 0.15) is 0 Å². The Kier molecular flexibility index (Phi) is 5.83. The lowest BCUT2D eigenvalue weighted by Gasteiger charge is -2.21. The molecule has 1 aromatic heterocycles. The number of rotatable bonds is 7. The first-order valence-electron chi connectivity index (χ1n) is 7.52. The van der Waals surface area contributed by atoms with Gasteiger partial charge in [0.25, 0.3) is 0 Å². The molecule has 0 spiro atoms. The Balaban J connectivity index is 2.09. The predicted molar refractivity (Wildman–Crippen MR) is 88.9 cm³/mol. The number of hydrogen-bond donors (Lipinski definition) is 1. The van der Waals surface area contributed by atoms with Gasteiger partial charge in [0.05, 0.1) is 0 Å². The number of aryl methyl sites for hydroxylation is 2. The van der Waals surface area contributed by atoms with Crippen molar-refractivity contribution in [2.24, 2.45) is 7.05 Å². The smallest absolute Gasteiger partial charge is 0.0492 e. The van der Waals surface area contributed by atoms with Crippen LogP contribution in [-0.4, -0.2) is 22.4 Å². The maximum absolute atomic E-state index is 6.38. The average Bonchev–Trinajstić information content (AvgIpc) is 2.85. The van der Waals surface area contributed by atoms with Gasteiger partial charge in [-0.2, -0.15) is 5.10 Å². The van der Waals surface area contributed by atoms with Crippen molar-refractivity contribution in [3.63, 3.8) is 0 Å². The van der Waals surface area contributed by atoms with Crippen LogP contribution in [0.2, 0.25) is 5.02 Å². The Morgan fingerprint density at radius 2 is 2.00 bits per heavy atom. The van der Waals surface area contributed by atoms with Crippen molar-refractivity contribution in [3.8, 4) is 0 Å². The molecule has 0 radical (unpaired) electrons. The van der Waals surface area contributed by atoms with Crippen LogP contribution in [0.5, 0.6) is 0 Å². The zero-order valence-electron chi connectivity index (χ0n) is 13.0. The Bertz CT molecular complexity index is 563. The normalized spacial score (nSPS) is 12.8. The number of aromatic nitrogens is 2. The summed E-state index contributed by atoms with van der Waals surface area (Å²) in [7, 11) is 1.99. The minimum absolute atomic E-state index is 0.413. The van der Waals surface area contributed by atoms with Gasteiger partial charge in [0.2, 0.25) is 0 Å². The zero-order valence-corrected chi connectivity index (χ0v) is 13.8. The summed E-state index contributed by atoms with van der Waals surface area (Å²) in [6.45, 7) is 5.29. The molecule has 0 aliphatic heterocycles. The fourth-order valence-electron chi connectivity index (χ4n) is 2.52. The molecule has 0 amide bonds. The van der Waals surface area contributed by atoms with Gasteiger partial charge >= 0.3 is 0 Å². The van der Waals surface area contributed by atoms with E-state index in [2.05, 4.69) is 42.5 Å². The molecule has 1 unspecified atom stereocenters. The summed E-state index contributed by atoms with van der Waals surface area (Å²) in [6.07, 6.45) is 3.92. The van der Waals surface area contributed by atoms with E-state index < -0.39 is 0 Å². The van der Waals surface area contributed by atoms with Crippen LogP contribution in [0.3, 0.4) is 0 Å². The summed E-state index contributed by atoms with van der Waals surface area (Å²) in [6, 6.07) is 10.7. The van der Waals surface area contributed by atoms with Crippen molar-refractivity contribution < 1.29 is 0 Å². The second-order valence-corrected chi connectivity index (χ2v) is 6.17. The standard InChI is InChI=1S/C17H24ClN3/c1-13(2)19-12-14(16-6-4-5-7-17(16)18)8-9-15-10-11-20-21(15)3/h4-7,10-11,13-14,19H,8-9,12H2,1-3H3. The maximum atomic E-state index is 6.38. The molecular formula is C17H24ClN3. The first kappa shape index (κ1) is 16.1. The minimum atomic E-state index is 0.413. The quantitative estimate of drug-likeness (QED) is 0.843. The van der Waals surface area contributed by atoms with Crippen molar-refractivity contribution in [1.29, 1.82) is 0 Å². The fourth-order valence-corrected chi connectivity index (χ4v) is 2.81. The number of nitrogens with zero attached hydrogens (tertiary/aromatic N) is 2. The van der Waals surface area contributed by atoms with E-state index in [9.17, 15) is 0 Å². The molecule has 21 heavy (non-hydrogen) atoms. The van der Waals surface area contributed by atoms with Gasteiger partial charge in [-0.1, -0.05) is 43.6 Å². The van der Waals surface area contributed by atoms with Gasteiger partial charge in [-0.15, -0.1) is 0 Å². The van der Waals surface area contributed by atoms with Crippen molar-refractivity contribution >= 4 is 11.6 Å². The molecule has 1 heterocycles. The van der Waals surface area contributed by atoms with Gasteiger partial charge in [-0.25, -0.2) is 0 Å². The van der Waals surface area contributed by atoms with E-state index >= 15 is 0 Å². The first-order valence-corrected chi connectivity index (χ1v) is 7.90. The highest BCUT2D eigenvalue weighted by Gasteiger charge is 2.15. The van der Waals surface area contributed by atoms with Gasteiger partial charge in [-0.05, 0) is 36.5 Å². The number of benzene rings is 1. The van der Waals surface area contributed by atoms with Crippen LogP contribution in [0.1, 0.15) is 37.4 Å². The third-order valence-corrected chi connectivity index (χ3v) is 4.13. The Morgan fingerprint density at radius 3 is 2.62 bits per heavy atom. The van der Waals surface area contributed by atoms with Crippen LogP contribution in [0.4, 0.5) is 0 Å². The van der Waals surface area contributed by atoms with Crippen LogP contribution < -0.4 is 5.32 Å². The first-order chi connectivity index (χ1) is 10.1. The molecule has 114 valence electrons. The lowest BCUT2D eigenvalue weighted by atomic mass is 9.93.